The summed E-state index contributed by atoms with van der Waals surface area (Å²) in [6, 6.07) is 4.57. The van der Waals surface area contributed by atoms with Crippen molar-refractivity contribution in [2.75, 3.05) is 6.61 Å². The third-order valence-electron chi connectivity index (χ3n) is 2.39. The number of H-pyrrole nitrogens is 1. The standard InChI is InChI=1S/C11H10N2O4/c1-2-17-11(14)8-6-12-10-7(8)4-3-5-9(10)13(15)16/h3-6,12H,2H2,1H3. The minimum Gasteiger partial charge on any atom is -0.462 e. The number of nitro benzene ring substituents is 1. The van der Waals surface area contributed by atoms with Gasteiger partial charge in [0.2, 0.25) is 0 Å². The van der Waals surface area contributed by atoms with E-state index >= 15 is 0 Å². The predicted molar refractivity (Wildman–Crippen MR) is 60.9 cm³/mol. The molecule has 0 spiro atoms. The molecule has 88 valence electrons. The van der Waals surface area contributed by atoms with Gasteiger partial charge in [-0.15, -0.1) is 0 Å². The van der Waals surface area contributed by atoms with E-state index in [1.54, 1.807) is 13.0 Å². The Labute approximate surface area is 96.3 Å². The van der Waals surface area contributed by atoms with E-state index in [0.717, 1.165) is 0 Å². The number of fused-ring (bicyclic) bond motifs is 1. The van der Waals surface area contributed by atoms with Gasteiger partial charge >= 0.3 is 5.97 Å². The van der Waals surface area contributed by atoms with Gasteiger partial charge in [0.15, 0.2) is 0 Å². The van der Waals surface area contributed by atoms with Crippen molar-refractivity contribution < 1.29 is 14.5 Å². The van der Waals surface area contributed by atoms with Gasteiger partial charge in [-0.3, -0.25) is 10.1 Å². The molecule has 0 atom stereocenters. The summed E-state index contributed by atoms with van der Waals surface area (Å²) in [5, 5.41) is 11.3. The Kier molecular flexibility index (Phi) is 2.78. The zero-order valence-corrected chi connectivity index (χ0v) is 9.10. The van der Waals surface area contributed by atoms with Crippen molar-refractivity contribution in [3.63, 3.8) is 0 Å². The van der Waals surface area contributed by atoms with Crippen molar-refractivity contribution in [2.24, 2.45) is 0 Å². The lowest BCUT2D eigenvalue weighted by Gasteiger charge is -1.99. The fraction of sp³-hybridized carbons (Fsp3) is 0.182. The molecule has 0 bridgehead atoms. The predicted octanol–water partition coefficient (Wildman–Crippen LogP) is 2.25. The summed E-state index contributed by atoms with van der Waals surface area (Å²) < 4.78 is 4.87. The number of benzene rings is 1. The Bertz CT molecular complexity index is 588. The van der Waals surface area contributed by atoms with Crippen molar-refractivity contribution in [1.82, 2.24) is 4.98 Å². The normalized spacial score (nSPS) is 10.4. The second-order valence-electron chi connectivity index (χ2n) is 3.38. The summed E-state index contributed by atoms with van der Waals surface area (Å²) in [4.78, 5) is 24.6. The van der Waals surface area contributed by atoms with Gasteiger partial charge in [0.25, 0.3) is 5.69 Å². The molecule has 0 aliphatic carbocycles. The number of aromatic nitrogens is 1. The van der Waals surface area contributed by atoms with Gasteiger partial charge in [-0.1, -0.05) is 12.1 Å². The number of rotatable bonds is 3. The molecule has 0 fully saturated rings. The van der Waals surface area contributed by atoms with Crippen LogP contribution in [0.2, 0.25) is 0 Å². The number of para-hydroxylation sites is 1. The summed E-state index contributed by atoms with van der Waals surface area (Å²) in [7, 11) is 0. The average molecular weight is 234 g/mol. The maximum Gasteiger partial charge on any atom is 0.340 e. The van der Waals surface area contributed by atoms with Crippen LogP contribution in [0.4, 0.5) is 5.69 Å². The summed E-state index contributed by atoms with van der Waals surface area (Å²) in [6.45, 7) is 1.97. The Morgan fingerprint density at radius 2 is 2.29 bits per heavy atom. The van der Waals surface area contributed by atoms with Crippen LogP contribution in [0.3, 0.4) is 0 Å². The fourth-order valence-electron chi connectivity index (χ4n) is 1.67. The number of nitrogens with zero attached hydrogens (tertiary/aromatic N) is 1. The van der Waals surface area contributed by atoms with Crippen molar-refractivity contribution in [1.29, 1.82) is 0 Å². The highest BCUT2D eigenvalue weighted by atomic mass is 16.6. The van der Waals surface area contributed by atoms with Crippen LogP contribution in [0.25, 0.3) is 10.9 Å². The number of non-ortho nitro benzene ring substituents is 1. The molecule has 0 unspecified atom stereocenters. The number of esters is 1. The van der Waals surface area contributed by atoms with E-state index in [1.807, 2.05) is 0 Å². The summed E-state index contributed by atoms with van der Waals surface area (Å²) in [5.74, 6) is -0.487. The van der Waals surface area contributed by atoms with E-state index in [9.17, 15) is 14.9 Å². The Balaban J connectivity index is 2.58. The molecule has 1 N–H and O–H groups in total. The molecular formula is C11H10N2O4. The lowest BCUT2D eigenvalue weighted by Crippen LogP contribution is -2.03. The Morgan fingerprint density at radius 3 is 2.94 bits per heavy atom. The van der Waals surface area contributed by atoms with Gasteiger partial charge in [-0.05, 0) is 6.92 Å². The SMILES string of the molecule is CCOC(=O)c1c[nH]c2c([N+](=O)[O-])cccc12. The van der Waals surface area contributed by atoms with Gasteiger partial charge in [0.1, 0.15) is 5.52 Å². The van der Waals surface area contributed by atoms with Crippen LogP contribution in [-0.4, -0.2) is 22.5 Å². The van der Waals surface area contributed by atoms with Crippen LogP contribution in [0.5, 0.6) is 0 Å². The van der Waals surface area contributed by atoms with E-state index in [0.29, 0.717) is 16.5 Å². The lowest BCUT2D eigenvalue weighted by atomic mass is 10.1. The van der Waals surface area contributed by atoms with Crippen LogP contribution >= 0.6 is 0 Å². The summed E-state index contributed by atoms with van der Waals surface area (Å²) >= 11 is 0. The molecule has 1 aromatic carbocycles. The first-order chi connectivity index (χ1) is 8.15. The zero-order valence-electron chi connectivity index (χ0n) is 9.10. The lowest BCUT2D eigenvalue weighted by molar-refractivity contribution is -0.383. The molecule has 0 radical (unpaired) electrons. The summed E-state index contributed by atoms with van der Waals surface area (Å²) in [5.41, 5.74) is 0.587. The second-order valence-corrected chi connectivity index (χ2v) is 3.38. The van der Waals surface area contributed by atoms with Crippen molar-refractivity contribution in [3.8, 4) is 0 Å². The number of aromatic amines is 1. The molecule has 1 heterocycles. The maximum absolute atomic E-state index is 11.6. The Hall–Kier alpha value is -2.37. The number of carbonyl (C=O) groups excluding carboxylic acids is 1. The van der Waals surface area contributed by atoms with E-state index in [1.165, 1.54) is 18.3 Å². The van der Waals surface area contributed by atoms with Crippen LogP contribution < -0.4 is 0 Å². The maximum atomic E-state index is 11.6. The number of hydrogen-bond acceptors (Lipinski definition) is 4. The van der Waals surface area contributed by atoms with Crippen molar-refractivity contribution >= 4 is 22.6 Å². The highest BCUT2D eigenvalue weighted by molar-refractivity contribution is 6.06. The van der Waals surface area contributed by atoms with E-state index in [4.69, 9.17) is 4.74 Å². The largest absolute Gasteiger partial charge is 0.462 e. The Morgan fingerprint density at radius 1 is 1.53 bits per heavy atom. The fourth-order valence-corrected chi connectivity index (χ4v) is 1.67. The first kappa shape index (κ1) is 11.1. The zero-order chi connectivity index (χ0) is 12.4. The number of nitrogens with one attached hydrogen (secondary N) is 1. The van der Waals surface area contributed by atoms with Crippen LogP contribution in [0.1, 0.15) is 17.3 Å². The smallest absolute Gasteiger partial charge is 0.340 e. The third-order valence-corrected chi connectivity index (χ3v) is 2.39. The second kappa shape index (κ2) is 4.25. The molecule has 2 aromatic rings. The molecule has 2 rings (SSSR count). The molecular weight excluding hydrogens is 224 g/mol. The number of nitro groups is 1. The molecule has 0 saturated carbocycles. The molecule has 0 aliphatic rings. The highest BCUT2D eigenvalue weighted by Gasteiger charge is 2.18. The van der Waals surface area contributed by atoms with E-state index in [-0.39, 0.29) is 12.3 Å². The molecule has 17 heavy (non-hydrogen) atoms. The quantitative estimate of drug-likeness (QED) is 0.501. The molecule has 0 aliphatic heterocycles. The van der Waals surface area contributed by atoms with Crippen LogP contribution in [-0.2, 0) is 4.74 Å². The monoisotopic (exact) mass is 234 g/mol. The van der Waals surface area contributed by atoms with Crippen molar-refractivity contribution in [2.45, 2.75) is 6.92 Å². The summed E-state index contributed by atoms with van der Waals surface area (Å²) in [6.07, 6.45) is 1.43. The van der Waals surface area contributed by atoms with Gasteiger partial charge < -0.3 is 9.72 Å². The molecule has 1 aromatic heterocycles. The first-order valence-electron chi connectivity index (χ1n) is 5.06. The number of carbonyl (C=O) groups is 1. The molecule has 0 saturated heterocycles. The van der Waals surface area contributed by atoms with Crippen LogP contribution in [0, 0.1) is 10.1 Å². The van der Waals surface area contributed by atoms with Gasteiger partial charge in [-0.2, -0.15) is 0 Å². The van der Waals surface area contributed by atoms with Gasteiger partial charge in [0, 0.05) is 17.6 Å². The number of hydrogen-bond donors (Lipinski definition) is 1. The van der Waals surface area contributed by atoms with E-state index in [2.05, 4.69) is 4.98 Å². The average Bonchev–Trinajstić information content (AvgIpc) is 2.72. The van der Waals surface area contributed by atoms with E-state index < -0.39 is 10.9 Å². The molecule has 6 heteroatoms. The van der Waals surface area contributed by atoms with Crippen LogP contribution in [0.15, 0.2) is 24.4 Å². The minimum absolute atomic E-state index is 0.0574. The topological polar surface area (TPSA) is 85.2 Å². The van der Waals surface area contributed by atoms with Crippen molar-refractivity contribution in [3.05, 3.63) is 40.1 Å². The molecule has 6 nitrogen and oxygen atoms in total. The first-order valence-corrected chi connectivity index (χ1v) is 5.06. The van der Waals surface area contributed by atoms with Gasteiger partial charge in [0.05, 0.1) is 17.1 Å². The number of ether oxygens (including phenoxy) is 1. The minimum atomic E-state index is -0.492. The van der Waals surface area contributed by atoms with Gasteiger partial charge in [-0.25, -0.2) is 4.79 Å². The molecule has 0 amide bonds. The highest BCUT2D eigenvalue weighted by Crippen LogP contribution is 2.27. The third kappa shape index (κ3) is 1.84.